The molecule has 3 rings (SSSR count). The van der Waals surface area contributed by atoms with Crippen molar-refractivity contribution in [2.75, 3.05) is 4.90 Å². The monoisotopic (exact) mass is 200 g/mol. The maximum Gasteiger partial charge on any atom is 0.239 e. The molecule has 15 heavy (non-hydrogen) atoms. The van der Waals surface area contributed by atoms with Crippen molar-refractivity contribution in [3.63, 3.8) is 0 Å². The van der Waals surface area contributed by atoms with Crippen LogP contribution in [0.3, 0.4) is 0 Å². The molecule has 0 saturated heterocycles. The fraction of sp³-hybridized carbons (Fsp3) is 0.0909. The maximum absolute atomic E-state index is 11.8. The summed E-state index contributed by atoms with van der Waals surface area (Å²) in [4.78, 5) is 17.5. The summed E-state index contributed by atoms with van der Waals surface area (Å²) in [5.74, 6) is 1.20. The molecule has 0 atom stereocenters. The SMILES string of the molecule is O=C1Cc2cccnc2N1c1ccco1. The van der Waals surface area contributed by atoms with Crippen LogP contribution in [0.2, 0.25) is 0 Å². The van der Waals surface area contributed by atoms with Crippen LogP contribution in [-0.4, -0.2) is 10.9 Å². The van der Waals surface area contributed by atoms with Crippen LogP contribution in [0.1, 0.15) is 5.56 Å². The molecule has 74 valence electrons. The van der Waals surface area contributed by atoms with Gasteiger partial charge in [-0.2, -0.15) is 0 Å². The van der Waals surface area contributed by atoms with E-state index in [-0.39, 0.29) is 5.91 Å². The van der Waals surface area contributed by atoms with E-state index in [0.717, 1.165) is 5.56 Å². The molecule has 0 aromatic carbocycles. The second kappa shape index (κ2) is 2.95. The van der Waals surface area contributed by atoms with E-state index in [4.69, 9.17) is 4.42 Å². The largest absolute Gasteiger partial charge is 0.448 e. The van der Waals surface area contributed by atoms with Gasteiger partial charge in [0, 0.05) is 17.8 Å². The summed E-state index contributed by atoms with van der Waals surface area (Å²) >= 11 is 0. The topological polar surface area (TPSA) is 46.3 Å². The Morgan fingerprint density at radius 2 is 2.27 bits per heavy atom. The Kier molecular flexibility index (Phi) is 1.62. The summed E-state index contributed by atoms with van der Waals surface area (Å²) in [6.07, 6.45) is 3.61. The molecular weight excluding hydrogens is 192 g/mol. The second-order valence-electron chi connectivity index (χ2n) is 3.34. The van der Waals surface area contributed by atoms with Crippen molar-refractivity contribution in [1.82, 2.24) is 4.98 Å². The zero-order valence-electron chi connectivity index (χ0n) is 7.88. The lowest BCUT2D eigenvalue weighted by atomic mass is 10.2. The third-order valence-electron chi connectivity index (χ3n) is 2.40. The number of rotatable bonds is 1. The first-order valence-corrected chi connectivity index (χ1v) is 4.66. The highest BCUT2D eigenvalue weighted by atomic mass is 16.3. The van der Waals surface area contributed by atoms with Gasteiger partial charge in [-0.3, -0.25) is 4.79 Å². The molecule has 0 spiro atoms. The lowest BCUT2D eigenvalue weighted by molar-refractivity contribution is -0.116. The summed E-state index contributed by atoms with van der Waals surface area (Å²) < 4.78 is 5.21. The molecule has 0 bridgehead atoms. The van der Waals surface area contributed by atoms with E-state index in [1.165, 1.54) is 4.90 Å². The maximum atomic E-state index is 11.8. The Labute approximate surface area is 86.1 Å². The molecule has 0 N–H and O–H groups in total. The second-order valence-corrected chi connectivity index (χ2v) is 3.34. The number of hydrogen-bond acceptors (Lipinski definition) is 3. The highest BCUT2D eigenvalue weighted by Gasteiger charge is 2.30. The van der Waals surface area contributed by atoms with Crippen molar-refractivity contribution >= 4 is 17.6 Å². The van der Waals surface area contributed by atoms with E-state index < -0.39 is 0 Å². The van der Waals surface area contributed by atoms with Gasteiger partial charge in [0.05, 0.1) is 12.7 Å². The summed E-state index contributed by atoms with van der Waals surface area (Å²) in [5.41, 5.74) is 0.943. The predicted molar refractivity (Wildman–Crippen MR) is 53.8 cm³/mol. The predicted octanol–water partition coefficient (Wildman–Crippen LogP) is 1.90. The number of anilines is 2. The Balaban J connectivity index is 2.14. The Morgan fingerprint density at radius 3 is 3.07 bits per heavy atom. The molecule has 1 aliphatic rings. The number of nitrogens with zero attached hydrogens (tertiary/aromatic N) is 2. The Morgan fingerprint density at radius 1 is 1.33 bits per heavy atom. The quantitative estimate of drug-likeness (QED) is 0.706. The number of carbonyl (C=O) groups is 1. The third kappa shape index (κ3) is 1.15. The van der Waals surface area contributed by atoms with E-state index in [1.807, 2.05) is 12.1 Å². The highest BCUT2D eigenvalue weighted by molar-refractivity contribution is 6.05. The van der Waals surface area contributed by atoms with E-state index in [0.29, 0.717) is 18.1 Å². The molecule has 0 saturated carbocycles. The molecule has 2 aromatic rings. The number of aromatic nitrogens is 1. The Bertz CT molecular complexity index is 505. The molecular formula is C11H8N2O2. The minimum Gasteiger partial charge on any atom is -0.448 e. The molecule has 0 aliphatic carbocycles. The average Bonchev–Trinajstić information content (AvgIpc) is 2.82. The molecule has 0 radical (unpaired) electrons. The average molecular weight is 200 g/mol. The molecule has 0 fully saturated rings. The standard InChI is InChI=1S/C11H8N2O2/c14-9-7-8-3-1-5-12-11(8)13(9)10-4-2-6-15-10/h1-6H,7H2. The van der Waals surface area contributed by atoms with E-state index in [9.17, 15) is 4.79 Å². The molecule has 1 aliphatic heterocycles. The molecule has 2 aromatic heterocycles. The van der Waals surface area contributed by atoms with Crippen molar-refractivity contribution in [1.29, 1.82) is 0 Å². The first-order valence-electron chi connectivity index (χ1n) is 4.66. The fourth-order valence-electron chi connectivity index (χ4n) is 1.75. The van der Waals surface area contributed by atoms with Crippen LogP contribution in [0, 0.1) is 0 Å². The van der Waals surface area contributed by atoms with Gasteiger partial charge in [0.1, 0.15) is 5.82 Å². The first kappa shape index (κ1) is 8.23. The number of hydrogen-bond donors (Lipinski definition) is 0. The highest BCUT2D eigenvalue weighted by Crippen LogP contribution is 2.33. The van der Waals surface area contributed by atoms with E-state index in [1.54, 1.807) is 24.6 Å². The number of carbonyl (C=O) groups excluding carboxylic acids is 1. The van der Waals surface area contributed by atoms with Gasteiger partial charge in [0.15, 0.2) is 0 Å². The van der Waals surface area contributed by atoms with Gasteiger partial charge >= 0.3 is 0 Å². The van der Waals surface area contributed by atoms with Gasteiger partial charge in [-0.25, -0.2) is 9.88 Å². The van der Waals surface area contributed by atoms with Gasteiger partial charge in [-0.1, -0.05) is 6.07 Å². The normalized spacial score (nSPS) is 14.4. The van der Waals surface area contributed by atoms with Gasteiger partial charge < -0.3 is 4.42 Å². The van der Waals surface area contributed by atoms with E-state index >= 15 is 0 Å². The lowest BCUT2D eigenvalue weighted by Gasteiger charge is -2.11. The zero-order chi connectivity index (χ0) is 10.3. The Hall–Kier alpha value is -2.10. The van der Waals surface area contributed by atoms with Crippen LogP contribution < -0.4 is 4.90 Å². The van der Waals surface area contributed by atoms with Crippen molar-refractivity contribution < 1.29 is 9.21 Å². The van der Waals surface area contributed by atoms with Crippen molar-refractivity contribution in [2.24, 2.45) is 0 Å². The molecule has 0 unspecified atom stereocenters. The van der Waals surface area contributed by atoms with Gasteiger partial charge in [-0.15, -0.1) is 0 Å². The van der Waals surface area contributed by atoms with Gasteiger partial charge in [-0.05, 0) is 12.1 Å². The van der Waals surface area contributed by atoms with Crippen molar-refractivity contribution in [2.45, 2.75) is 6.42 Å². The summed E-state index contributed by atoms with van der Waals surface area (Å²) in [5, 5.41) is 0. The third-order valence-corrected chi connectivity index (χ3v) is 2.40. The van der Waals surface area contributed by atoms with Crippen LogP contribution >= 0.6 is 0 Å². The molecule has 3 heterocycles. The molecule has 1 amide bonds. The number of furan rings is 1. The summed E-state index contributed by atoms with van der Waals surface area (Å²) in [6, 6.07) is 7.24. The van der Waals surface area contributed by atoms with Crippen LogP contribution in [-0.2, 0) is 11.2 Å². The van der Waals surface area contributed by atoms with Crippen LogP contribution in [0.25, 0.3) is 0 Å². The number of pyridine rings is 1. The molecule has 4 heteroatoms. The summed E-state index contributed by atoms with van der Waals surface area (Å²) in [6.45, 7) is 0. The van der Waals surface area contributed by atoms with Gasteiger partial charge in [0.25, 0.3) is 0 Å². The number of amides is 1. The fourth-order valence-corrected chi connectivity index (χ4v) is 1.75. The van der Waals surface area contributed by atoms with E-state index in [2.05, 4.69) is 4.98 Å². The molecule has 4 nitrogen and oxygen atoms in total. The minimum atomic E-state index is -0.00125. The van der Waals surface area contributed by atoms with Crippen molar-refractivity contribution in [3.05, 3.63) is 42.3 Å². The number of fused-ring (bicyclic) bond motifs is 1. The van der Waals surface area contributed by atoms with Crippen LogP contribution in [0.15, 0.2) is 41.1 Å². The van der Waals surface area contributed by atoms with Crippen LogP contribution in [0.4, 0.5) is 11.7 Å². The van der Waals surface area contributed by atoms with Gasteiger partial charge in [0.2, 0.25) is 11.8 Å². The summed E-state index contributed by atoms with van der Waals surface area (Å²) in [7, 11) is 0. The lowest BCUT2D eigenvalue weighted by Crippen LogP contribution is -2.20. The zero-order valence-corrected chi connectivity index (χ0v) is 7.88. The smallest absolute Gasteiger partial charge is 0.239 e. The van der Waals surface area contributed by atoms with Crippen LogP contribution in [0.5, 0.6) is 0 Å². The van der Waals surface area contributed by atoms with Crippen molar-refractivity contribution in [3.8, 4) is 0 Å². The minimum absolute atomic E-state index is 0.00125. The first-order chi connectivity index (χ1) is 7.36.